The van der Waals surface area contributed by atoms with Gasteiger partial charge >= 0.3 is 5.69 Å². The summed E-state index contributed by atoms with van der Waals surface area (Å²) in [5.74, 6) is 4.72. The molecule has 1 heterocycles. The van der Waals surface area contributed by atoms with Crippen molar-refractivity contribution in [3.05, 3.63) is 50.3 Å². The van der Waals surface area contributed by atoms with E-state index in [0.717, 1.165) is 6.20 Å². The van der Waals surface area contributed by atoms with Crippen LogP contribution in [0.1, 0.15) is 5.56 Å². The summed E-state index contributed by atoms with van der Waals surface area (Å²) in [5, 5.41) is 19.1. The summed E-state index contributed by atoms with van der Waals surface area (Å²) in [4.78, 5) is 24.4. The molecule has 1 N–H and O–H groups in total. The van der Waals surface area contributed by atoms with E-state index in [1.54, 1.807) is 18.2 Å². The van der Waals surface area contributed by atoms with Gasteiger partial charge < -0.3 is 4.98 Å². The number of hydrogen-bond donors (Lipinski definition) is 1. The monoisotopic (exact) mass is 239 g/mol. The topological polar surface area (TPSA) is 99.8 Å². The van der Waals surface area contributed by atoms with E-state index in [4.69, 9.17) is 5.26 Å². The maximum absolute atomic E-state index is 11.8. The molecule has 1 aromatic heterocycles. The van der Waals surface area contributed by atoms with Gasteiger partial charge in [0.2, 0.25) is 0 Å². The smallest absolute Gasteiger partial charge is 0.332 e. The number of benzene rings is 1. The minimum atomic E-state index is -0.744. The molecule has 0 amide bonds. The lowest BCUT2D eigenvalue weighted by atomic mass is 10.1. The highest BCUT2D eigenvalue weighted by atomic mass is 16.6. The molecule has 0 aliphatic carbocycles. The van der Waals surface area contributed by atoms with Crippen molar-refractivity contribution in [2.24, 2.45) is 0 Å². The largest absolute Gasteiger partial charge is 0.355 e. The summed E-state index contributed by atoms with van der Waals surface area (Å²) in [6.07, 6.45) is 1.06. The Bertz CT molecular complexity index is 803. The van der Waals surface area contributed by atoms with Gasteiger partial charge in [0.15, 0.2) is 6.07 Å². The number of aromatic amines is 1. The zero-order chi connectivity index (χ0) is 13.1. The van der Waals surface area contributed by atoms with Crippen molar-refractivity contribution in [2.75, 3.05) is 0 Å². The van der Waals surface area contributed by atoms with Crippen LogP contribution in [0.4, 0.5) is 5.69 Å². The maximum atomic E-state index is 11.8. The van der Waals surface area contributed by atoms with Gasteiger partial charge in [-0.2, -0.15) is 5.26 Å². The van der Waals surface area contributed by atoms with Crippen LogP contribution < -0.4 is 5.43 Å². The third-order valence-electron chi connectivity index (χ3n) is 2.32. The second-order valence-corrected chi connectivity index (χ2v) is 3.38. The summed E-state index contributed by atoms with van der Waals surface area (Å²) in [6, 6.07) is 6.28. The molecule has 0 unspecified atom stereocenters. The van der Waals surface area contributed by atoms with Crippen molar-refractivity contribution in [1.82, 2.24) is 4.98 Å². The highest BCUT2D eigenvalue weighted by molar-refractivity contribution is 5.81. The van der Waals surface area contributed by atoms with Crippen LogP contribution in [0.15, 0.2) is 29.2 Å². The molecule has 18 heavy (non-hydrogen) atoms. The minimum Gasteiger partial charge on any atom is -0.355 e. The number of rotatable bonds is 1. The molecule has 0 atom stereocenters. The fourth-order valence-electron chi connectivity index (χ4n) is 1.52. The van der Waals surface area contributed by atoms with Gasteiger partial charge in [0, 0.05) is 17.0 Å². The first-order chi connectivity index (χ1) is 8.63. The zero-order valence-electron chi connectivity index (χ0n) is 8.93. The van der Waals surface area contributed by atoms with E-state index < -0.39 is 16.0 Å². The first-order valence-electron chi connectivity index (χ1n) is 4.83. The lowest BCUT2D eigenvalue weighted by Gasteiger charge is -1.98. The molecule has 0 spiro atoms. The van der Waals surface area contributed by atoms with Gasteiger partial charge in [-0.25, -0.2) is 0 Å². The van der Waals surface area contributed by atoms with Crippen LogP contribution in [0.2, 0.25) is 0 Å². The molecule has 0 fully saturated rings. The van der Waals surface area contributed by atoms with E-state index in [9.17, 15) is 14.9 Å². The van der Waals surface area contributed by atoms with Crippen LogP contribution in [0, 0.1) is 33.3 Å². The van der Waals surface area contributed by atoms with E-state index >= 15 is 0 Å². The average molecular weight is 239 g/mol. The van der Waals surface area contributed by atoms with Gasteiger partial charge in [-0.15, -0.1) is 0 Å². The van der Waals surface area contributed by atoms with E-state index in [2.05, 4.69) is 16.8 Å². The molecule has 6 heteroatoms. The summed E-state index contributed by atoms with van der Waals surface area (Å²) in [6.45, 7) is 0. The Balaban J connectivity index is 2.75. The summed E-state index contributed by atoms with van der Waals surface area (Å²) >= 11 is 0. The van der Waals surface area contributed by atoms with Crippen molar-refractivity contribution >= 4 is 16.6 Å². The third kappa shape index (κ3) is 1.91. The first-order valence-corrected chi connectivity index (χ1v) is 4.83. The Hall–Kier alpha value is -3.12. The molecule has 2 aromatic rings. The van der Waals surface area contributed by atoms with E-state index in [1.165, 1.54) is 6.07 Å². The van der Waals surface area contributed by atoms with Crippen molar-refractivity contribution in [2.45, 2.75) is 0 Å². The number of nitriles is 1. The van der Waals surface area contributed by atoms with Crippen molar-refractivity contribution in [1.29, 1.82) is 5.26 Å². The fraction of sp³-hybridized carbons (Fsp3) is 0. The Morgan fingerprint density at radius 3 is 2.83 bits per heavy atom. The Kier molecular flexibility index (Phi) is 2.78. The Labute approximate surface area is 101 Å². The molecule has 0 bridgehead atoms. The number of nitrogens with zero attached hydrogens (tertiary/aromatic N) is 2. The first kappa shape index (κ1) is 11.4. The molecule has 86 valence electrons. The lowest BCUT2D eigenvalue weighted by Crippen LogP contribution is -2.09. The number of nitro groups is 1. The van der Waals surface area contributed by atoms with Gasteiger partial charge in [0.25, 0.3) is 5.43 Å². The molecular formula is C12H5N3O3. The highest BCUT2D eigenvalue weighted by Gasteiger charge is 2.14. The average Bonchev–Trinajstić information content (AvgIpc) is 2.36. The summed E-state index contributed by atoms with van der Waals surface area (Å²) in [5.41, 5.74) is -0.259. The van der Waals surface area contributed by atoms with Crippen molar-refractivity contribution in [3.63, 3.8) is 0 Å². The van der Waals surface area contributed by atoms with E-state index in [1.807, 2.05) is 0 Å². The molecule has 0 aliphatic heterocycles. The number of pyridine rings is 1. The van der Waals surface area contributed by atoms with E-state index in [0.29, 0.717) is 11.1 Å². The molecule has 0 radical (unpaired) electrons. The number of aromatic nitrogens is 1. The molecule has 0 saturated carbocycles. The molecule has 2 rings (SSSR count). The molecule has 0 saturated heterocycles. The van der Waals surface area contributed by atoms with Gasteiger partial charge in [-0.1, -0.05) is 5.92 Å². The van der Waals surface area contributed by atoms with Crippen LogP contribution >= 0.6 is 0 Å². The minimum absolute atomic E-state index is 0.175. The second kappa shape index (κ2) is 4.40. The maximum Gasteiger partial charge on any atom is 0.332 e. The quantitative estimate of drug-likeness (QED) is 0.460. The standard InChI is InChI=1S/C12H5N3O3/c13-5-1-2-8-3-4-10-9(6-8)12(16)11(7-14-10)15(17)18/h3-4,6-7H,(H,14,16). The van der Waals surface area contributed by atoms with Gasteiger partial charge in [-0.05, 0) is 18.2 Å². The Morgan fingerprint density at radius 2 is 2.17 bits per heavy atom. The van der Waals surface area contributed by atoms with Gasteiger partial charge in [0.05, 0.1) is 16.5 Å². The van der Waals surface area contributed by atoms with Gasteiger partial charge in [-0.3, -0.25) is 14.9 Å². The predicted octanol–water partition coefficient (Wildman–Crippen LogP) is 1.31. The van der Waals surface area contributed by atoms with Crippen LogP contribution in [-0.2, 0) is 0 Å². The van der Waals surface area contributed by atoms with Crippen LogP contribution in [-0.4, -0.2) is 9.91 Å². The highest BCUT2D eigenvalue weighted by Crippen LogP contribution is 2.13. The number of fused-ring (bicyclic) bond motifs is 1. The number of hydrogen-bond acceptors (Lipinski definition) is 4. The molecule has 1 aromatic carbocycles. The predicted molar refractivity (Wildman–Crippen MR) is 63.7 cm³/mol. The normalized spacial score (nSPS) is 9.28. The summed E-state index contributed by atoms with van der Waals surface area (Å²) < 4.78 is 0. The van der Waals surface area contributed by atoms with Crippen LogP contribution in [0.5, 0.6) is 0 Å². The summed E-state index contributed by atoms with van der Waals surface area (Å²) in [7, 11) is 0. The Morgan fingerprint density at radius 1 is 1.39 bits per heavy atom. The SMILES string of the molecule is N#CC#Cc1ccc2[nH]cc([N+](=O)[O-])c(=O)c2c1. The van der Waals surface area contributed by atoms with E-state index in [-0.39, 0.29) is 5.39 Å². The third-order valence-corrected chi connectivity index (χ3v) is 2.32. The zero-order valence-corrected chi connectivity index (χ0v) is 8.93. The lowest BCUT2D eigenvalue weighted by molar-refractivity contribution is -0.386. The van der Waals surface area contributed by atoms with Crippen LogP contribution in [0.25, 0.3) is 10.9 Å². The number of nitrogens with one attached hydrogen (secondary N) is 1. The van der Waals surface area contributed by atoms with Crippen molar-refractivity contribution < 1.29 is 4.92 Å². The second-order valence-electron chi connectivity index (χ2n) is 3.38. The van der Waals surface area contributed by atoms with Gasteiger partial charge in [0.1, 0.15) is 0 Å². The molecule has 6 nitrogen and oxygen atoms in total. The fourth-order valence-corrected chi connectivity index (χ4v) is 1.52. The number of H-pyrrole nitrogens is 1. The van der Waals surface area contributed by atoms with Crippen LogP contribution in [0.3, 0.4) is 0 Å². The molecular weight excluding hydrogens is 234 g/mol. The van der Waals surface area contributed by atoms with Crippen molar-refractivity contribution in [3.8, 4) is 17.9 Å². The molecule has 0 aliphatic rings.